The van der Waals surface area contributed by atoms with Crippen LogP contribution in [-0.2, 0) is 4.74 Å². The minimum absolute atomic E-state index is 0.0839. The van der Waals surface area contributed by atoms with E-state index in [4.69, 9.17) is 10.5 Å². The van der Waals surface area contributed by atoms with Gasteiger partial charge >= 0.3 is 0 Å². The first kappa shape index (κ1) is 11.3. The van der Waals surface area contributed by atoms with Crippen LogP contribution in [0, 0.1) is 0 Å². The van der Waals surface area contributed by atoms with Gasteiger partial charge in [0.2, 0.25) is 0 Å². The normalized spacial score (nSPS) is 32.6. The molecule has 2 N–H and O–H groups in total. The monoisotopic (exact) mass is 213 g/mol. The third kappa shape index (κ3) is 2.69. The van der Waals surface area contributed by atoms with Crippen molar-refractivity contribution < 1.29 is 4.74 Å². The van der Waals surface area contributed by atoms with Gasteiger partial charge in [-0.15, -0.1) is 0 Å². The molecule has 0 amide bonds. The van der Waals surface area contributed by atoms with E-state index in [2.05, 4.69) is 23.8 Å². The highest BCUT2D eigenvalue weighted by Gasteiger charge is 2.38. The van der Waals surface area contributed by atoms with Crippen LogP contribution in [-0.4, -0.2) is 67.8 Å². The molecular weight excluding hydrogens is 190 g/mol. The van der Waals surface area contributed by atoms with Gasteiger partial charge < -0.3 is 15.4 Å². The highest BCUT2D eigenvalue weighted by molar-refractivity contribution is 4.99. The molecule has 1 atom stereocenters. The summed E-state index contributed by atoms with van der Waals surface area (Å²) in [5, 5.41) is 0. The lowest BCUT2D eigenvalue weighted by Gasteiger charge is -2.49. The molecule has 0 aliphatic carbocycles. The molecule has 2 rings (SSSR count). The number of rotatable bonds is 3. The molecule has 2 aliphatic rings. The largest absolute Gasteiger partial charge is 0.374 e. The summed E-state index contributed by atoms with van der Waals surface area (Å²) in [6, 6.07) is 0. The van der Waals surface area contributed by atoms with Gasteiger partial charge in [0, 0.05) is 38.3 Å². The van der Waals surface area contributed by atoms with E-state index in [-0.39, 0.29) is 5.54 Å². The van der Waals surface area contributed by atoms with Crippen LogP contribution in [0.25, 0.3) is 0 Å². The van der Waals surface area contributed by atoms with Crippen LogP contribution in [0.2, 0.25) is 0 Å². The van der Waals surface area contributed by atoms with Crippen LogP contribution in [0.3, 0.4) is 0 Å². The van der Waals surface area contributed by atoms with Crippen LogP contribution in [0.5, 0.6) is 0 Å². The first-order chi connectivity index (χ1) is 7.11. The van der Waals surface area contributed by atoms with Gasteiger partial charge in [-0.05, 0) is 13.5 Å². The number of nitrogens with zero attached hydrogens (tertiary/aromatic N) is 2. The number of hydrogen-bond donors (Lipinski definition) is 1. The predicted molar refractivity (Wildman–Crippen MR) is 60.9 cm³/mol. The van der Waals surface area contributed by atoms with Crippen molar-refractivity contribution in [3.8, 4) is 0 Å². The Balaban J connectivity index is 1.70. The smallest absolute Gasteiger partial charge is 0.0829 e. The second-order valence-electron chi connectivity index (χ2n) is 5.14. The number of ether oxygens (including phenoxy) is 1. The highest BCUT2D eigenvalue weighted by Crippen LogP contribution is 2.22. The van der Waals surface area contributed by atoms with Crippen molar-refractivity contribution in [3.05, 3.63) is 0 Å². The molecule has 2 aliphatic heterocycles. The Morgan fingerprint density at radius 3 is 2.80 bits per heavy atom. The maximum absolute atomic E-state index is 6.13. The van der Waals surface area contributed by atoms with Gasteiger partial charge in [0.25, 0.3) is 0 Å². The van der Waals surface area contributed by atoms with Crippen LogP contribution >= 0.6 is 0 Å². The molecule has 15 heavy (non-hydrogen) atoms. The van der Waals surface area contributed by atoms with Gasteiger partial charge in [0.05, 0.1) is 12.7 Å². The Morgan fingerprint density at radius 1 is 1.47 bits per heavy atom. The Labute approximate surface area is 92.4 Å². The summed E-state index contributed by atoms with van der Waals surface area (Å²) in [4.78, 5) is 4.75. The number of likely N-dealkylation sites (N-methyl/N-ethyl adjacent to an activating group) is 1. The van der Waals surface area contributed by atoms with Gasteiger partial charge in [-0.1, -0.05) is 6.92 Å². The average molecular weight is 213 g/mol. The summed E-state index contributed by atoms with van der Waals surface area (Å²) >= 11 is 0. The molecule has 4 heteroatoms. The lowest BCUT2D eigenvalue weighted by atomic mass is 9.88. The van der Waals surface area contributed by atoms with E-state index in [0.717, 1.165) is 45.8 Å². The van der Waals surface area contributed by atoms with Gasteiger partial charge in [-0.25, -0.2) is 0 Å². The quantitative estimate of drug-likeness (QED) is 0.701. The van der Waals surface area contributed by atoms with Crippen molar-refractivity contribution in [3.63, 3.8) is 0 Å². The van der Waals surface area contributed by atoms with Crippen molar-refractivity contribution >= 4 is 0 Å². The van der Waals surface area contributed by atoms with Gasteiger partial charge in [0.15, 0.2) is 0 Å². The summed E-state index contributed by atoms with van der Waals surface area (Å²) < 4.78 is 5.73. The molecule has 1 unspecified atom stereocenters. The molecule has 88 valence electrons. The van der Waals surface area contributed by atoms with Gasteiger partial charge in [-0.2, -0.15) is 0 Å². The van der Waals surface area contributed by atoms with E-state index in [0.29, 0.717) is 6.10 Å². The number of hydrogen-bond acceptors (Lipinski definition) is 4. The molecule has 0 bridgehead atoms. The van der Waals surface area contributed by atoms with E-state index in [1.54, 1.807) is 0 Å². The van der Waals surface area contributed by atoms with E-state index in [1.165, 1.54) is 0 Å². The highest BCUT2D eigenvalue weighted by atomic mass is 16.5. The second-order valence-corrected chi connectivity index (χ2v) is 5.14. The standard InChI is InChI=1S/C11H23N3O/c1-3-11(12)8-14(9-11)7-10-6-13(2)4-5-15-10/h10H,3-9,12H2,1-2H3. The lowest BCUT2D eigenvalue weighted by Crippen LogP contribution is -2.68. The van der Waals surface area contributed by atoms with E-state index < -0.39 is 0 Å². The summed E-state index contributed by atoms with van der Waals surface area (Å²) in [6.07, 6.45) is 1.46. The first-order valence-electron chi connectivity index (χ1n) is 5.93. The molecule has 2 fully saturated rings. The second kappa shape index (κ2) is 4.37. The van der Waals surface area contributed by atoms with Gasteiger partial charge in [0.1, 0.15) is 0 Å². The van der Waals surface area contributed by atoms with Crippen molar-refractivity contribution in [2.45, 2.75) is 25.0 Å². The van der Waals surface area contributed by atoms with Crippen molar-refractivity contribution in [1.29, 1.82) is 0 Å². The minimum atomic E-state index is 0.0839. The maximum Gasteiger partial charge on any atom is 0.0829 e. The topological polar surface area (TPSA) is 41.7 Å². The molecule has 2 saturated heterocycles. The zero-order valence-corrected chi connectivity index (χ0v) is 9.91. The predicted octanol–water partition coefficient (Wildman–Crippen LogP) is -0.260. The fourth-order valence-electron chi connectivity index (χ4n) is 2.46. The SMILES string of the molecule is CCC1(N)CN(CC2CN(C)CCO2)C1. The molecule has 0 radical (unpaired) electrons. The Bertz CT molecular complexity index is 216. The number of nitrogens with two attached hydrogens (primary N) is 1. The fourth-order valence-corrected chi connectivity index (χ4v) is 2.46. The molecule has 0 aromatic heterocycles. The summed E-state index contributed by atoms with van der Waals surface area (Å²) in [7, 11) is 2.16. The molecular formula is C11H23N3O. The molecule has 0 spiro atoms. The molecule has 0 aromatic rings. The average Bonchev–Trinajstić information content (AvgIpc) is 2.15. The zero-order chi connectivity index (χ0) is 10.9. The minimum Gasteiger partial charge on any atom is -0.374 e. The first-order valence-corrected chi connectivity index (χ1v) is 5.93. The van der Waals surface area contributed by atoms with E-state index in [1.807, 2.05) is 0 Å². The number of likely N-dealkylation sites (tertiary alicyclic amines) is 1. The van der Waals surface area contributed by atoms with Crippen molar-refractivity contribution in [2.75, 3.05) is 46.4 Å². The van der Waals surface area contributed by atoms with Crippen LogP contribution in [0.4, 0.5) is 0 Å². The molecule has 4 nitrogen and oxygen atoms in total. The lowest BCUT2D eigenvalue weighted by molar-refractivity contribution is -0.0572. The maximum atomic E-state index is 6.13. The van der Waals surface area contributed by atoms with Crippen LogP contribution in [0.15, 0.2) is 0 Å². The molecule has 2 heterocycles. The summed E-state index contributed by atoms with van der Waals surface area (Å²) in [6.45, 7) is 8.27. The summed E-state index contributed by atoms with van der Waals surface area (Å²) in [5.74, 6) is 0. The molecule has 0 saturated carbocycles. The Kier molecular flexibility index (Phi) is 3.30. The summed E-state index contributed by atoms with van der Waals surface area (Å²) in [5.41, 5.74) is 6.22. The van der Waals surface area contributed by atoms with Crippen LogP contribution < -0.4 is 5.73 Å². The Morgan fingerprint density at radius 2 is 2.20 bits per heavy atom. The third-order valence-corrected chi connectivity index (χ3v) is 3.58. The molecule has 0 aromatic carbocycles. The van der Waals surface area contributed by atoms with Crippen molar-refractivity contribution in [2.24, 2.45) is 5.73 Å². The number of morpholine rings is 1. The van der Waals surface area contributed by atoms with Gasteiger partial charge in [-0.3, -0.25) is 4.90 Å². The van der Waals surface area contributed by atoms with E-state index in [9.17, 15) is 0 Å². The van der Waals surface area contributed by atoms with E-state index >= 15 is 0 Å². The zero-order valence-electron chi connectivity index (χ0n) is 9.91. The third-order valence-electron chi connectivity index (χ3n) is 3.58. The fraction of sp³-hybridized carbons (Fsp3) is 1.00. The van der Waals surface area contributed by atoms with Crippen molar-refractivity contribution in [1.82, 2.24) is 9.80 Å². The van der Waals surface area contributed by atoms with Crippen LogP contribution in [0.1, 0.15) is 13.3 Å². The Hall–Kier alpha value is -0.160.